The van der Waals surface area contributed by atoms with Gasteiger partial charge in [0.15, 0.2) is 0 Å². The monoisotopic (exact) mass is 1200 g/mol. The summed E-state index contributed by atoms with van der Waals surface area (Å²) in [7, 11) is 8.65. The van der Waals surface area contributed by atoms with Gasteiger partial charge in [-0.15, -0.1) is 0 Å². The lowest BCUT2D eigenvalue weighted by Crippen LogP contribution is -2.33. The molecule has 0 aliphatic carbocycles. The lowest BCUT2D eigenvalue weighted by atomic mass is 9.91. The molecule has 0 N–H and O–H groups in total. The fraction of sp³-hybridized carbons (Fsp3) is 0.817. The van der Waals surface area contributed by atoms with Gasteiger partial charge in [0, 0.05) is 12.6 Å². The molecule has 0 saturated carbocycles. The fourth-order valence-corrected chi connectivity index (χ4v) is 12.1. The number of ether oxygens (including phenoxy) is 1. The summed E-state index contributed by atoms with van der Waals surface area (Å²) < 4.78 is 6.22. The Labute approximate surface area is 540 Å². The summed E-state index contributed by atoms with van der Waals surface area (Å²) in [6.07, 6.45) is 105. The fourth-order valence-electron chi connectivity index (χ4n) is 12.1. The van der Waals surface area contributed by atoms with Gasteiger partial charge >= 0.3 is 5.97 Å². The number of esters is 1. The molecule has 0 heterocycles. The second kappa shape index (κ2) is 68.5. The SMILES string of the molecule is CCCCC/C=C\C/C=C\CCCCCCCCC(CCCCCCCC/C=C\C/C=C\CCCCCC(C)CCC/C=C\C/C=C\CCCCCCCCC(C)(CCCCCCCCCCC/C=C\CCCCC)OC(=O)CCN(C)C)N(C)C. The number of allylic oxidation sites excluding steroid dienone is 14. The first-order valence-corrected chi connectivity index (χ1v) is 38.2. The van der Waals surface area contributed by atoms with E-state index in [0.29, 0.717) is 6.42 Å². The molecule has 0 saturated heterocycles. The zero-order valence-corrected chi connectivity index (χ0v) is 59.5. The number of hydrogen-bond donors (Lipinski definition) is 0. The molecular weight excluding hydrogens is 1040 g/mol. The Morgan fingerprint density at radius 1 is 0.349 bits per heavy atom. The molecule has 0 aliphatic heterocycles. The average molecular weight is 1200 g/mol. The van der Waals surface area contributed by atoms with Crippen molar-refractivity contribution in [1.82, 2.24) is 9.80 Å². The minimum atomic E-state index is -0.316. The third-order valence-electron chi connectivity index (χ3n) is 18.1. The van der Waals surface area contributed by atoms with Crippen LogP contribution in [0.5, 0.6) is 0 Å². The van der Waals surface area contributed by atoms with E-state index in [2.05, 4.69) is 137 Å². The van der Waals surface area contributed by atoms with Crippen LogP contribution in [0.2, 0.25) is 0 Å². The van der Waals surface area contributed by atoms with Crippen molar-refractivity contribution in [3.8, 4) is 0 Å². The highest BCUT2D eigenvalue weighted by Crippen LogP contribution is 2.28. The smallest absolute Gasteiger partial charge is 0.307 e. The molecule has 0 rings (SSSR count). The first-order valence-electron chi connectivity index (χ1n) is 38.2. The maximum atomic E-state index is 12.8. The van der Waals surface area contributed by atoms with Gasteiger partial charge in [-0.25, -0.2) is 0 Å². The van der Waals surface area contributed by atoms with Crippen molar-refractivity contribution in [3.05, 3.63) is 85.1 Å². The van der Waals surface area contributed by atoms with Crippen molar-refractivity contribution in [2.24, 2.45) is 5.92 Å². The highest BCUT2D eigenvalue weighted by atomic mass is 16.6. The van der Waals surface area contributed by atoms with Gasteiger partial charge in [0.25, 0.3) is 0 Å². The molecule has 0 aromatic heterocycles. The predicted molar refractivity (Wildman–Crippen MR) is 389 cm³/mol. The summed E-state index contributed by atoms with van der Waals surface area (Å²) in [6.45, 7) is 9.99. The van der Waals surface area contributed by atoms with Gasteiger partial charge in [0.1, 0.15) is 5.60 Å². The number of hydrogen-bond acceptors (Lipinski definition) is 4. The Hall–Kier alpha value is -2.43. The van der Waals surface area contributed by atoms with Crippen molar-refractivity contribution >= 4 is 5.97 Å². The van der Waals surface area contributed by atoms with Gasteiger partial charge in [0.2, 0.25) is 0 Å². The number of rotatable bonds is 68. The number of carbonyl (C=O) groups excluding carboxylic acids is 1. The summed E-state index contributed by atoms with van der Waals surface area (Å²) in [5.41, 5.74) is -0.316. The van der Waals surface area contributed by atoms with Crippen molar-refractivity contribution in [2.45, 2.75) is 392 Å². The molecule has 4 nitrogen and oxygen atoms in total. The van der Waals surface area contributed by atoms with Gasteiger partial charge < -0.3 is 14.5 Å². The van der Waals surface area contributed by atoms with Crippen molar-refractivity contribution in [1.29, 1.82) is 0 Å². The molecule has 3 atom stereocenters. The van der Waals surface area contributed by atoms with Gasteiger partial charge in [-0.1, -0.05) is 292 Å². The van der Waals surface area contributed by atoms with Crippen LogP contribution in [0.15, 0.2) is 85.1 Å². The number of nitrogens with zero attached hydrogens (tertiary/aromatic N) is 2. The summed E-state index contributed by atoms with van der Waals surface area (Å²) >= 11 is 0. The van der Waals surface area contributed by atoms with Crippen LogP contribution >= 0.6 is 0 Å². The summed E-state index contributed by atoms with van der Waals surface area (Å²) in [5.74, 6) is 0.830. The van der Waals surface area contributed by atoms with Crippen molar-refractivity contribution in [2.75, 3.05) is 34.7 Å². The van der Waals surface area contributed by atoms with Crippen molar-refractivity contribution in [3.63, 3.8) is 0 Å². The van der Waals surface area contributed by atoms with E-state index in [1.807, 2.05) is 14.1 Å². The zero-order chi connectivity index (χ0) is 62.6. The summed E-state index contributed by atoms with van der Waals surface area (Å²) in [4.78, 5) is 17.4. The lowest BCUT2D eigenvalue weighted by molar-refractivity contribution is -0.160. The summed E-state index contributed by atoms with van der Waals surface area (Å²) in [6, 6.07) is 0.773. The zero-order valence-electron chi connectivity index (χ0n) is 59.5. The van der Waals surface area contributed by atoms with Gasteiger partial charge in [-0.05, 0) is 202 Å². The molecule has 4 heteroatoms. The standard InChI is InChI=1S/C82H152N2O2/c1-9-11-13-15-17-19-21-23-25-30-37-43-49-55-61-67-73-80(84(7)8)74-68-62-56-50-44-38-31-28-27-29-35-41-47-53-59-65-71-79(3)72-66-60-54-48-42-36-32-34-40-46-52-58-64-70-77-82(4,86-81(85)75-78-83(5)6)76-69-63-57-51-45-39-33-26-24-22-20-18-16-14-12-10-2/h17-20,23,25,27-28,32,35-36,41,48,54,79-80H,9-16,21-22,24,26,29-31,33-34,37-40,42-47,49-53,55-78H2,1-8H3/b19-17-,20-18-,25-23-,28-27-,36-32-,41-35-,54-48-. The molecular formula is C82H152N2O2. The second-order valence-electron chi connectivity index (χ2n) is 27.5. The molecule has 0 amide bonds. The number of unbranched alkanes of at least 4 members (excludes halogenated alkanes) is 37. The topological polar surface area (TPSA) is 32.8 Å². The Balaban J connectivity index is 3.81. The largest absolute Gasteiger partial charge is 0.459 e. The van der Waals surface area contributed by atoms with Gasteiger partial charge in [-0.2, -0.15) is 0 Å². The van der Waals surface area contributed by atoms with Crippen LogP contribution in [0.3, 0.4) is 0 Å². The molecule has 0 radical (unpaired) electrons. The van der Waals surface area contributed by atoms with Gasteiger partial charge in [-0.3, -0.25) is 4.79 Å². The Morgan fingerprint density at radius 2 is 0.616 bits per heavy atom. The highest BCUT2D eigenvalue weighted by Gasteiger charge is 2.28. The van der Waals surface area contributed by atoms with E-state index in [9.17, 15) is 4.79 Å². The van der Waals surface area contributed by atoms with E-state index in [1.54, 1.807) is 0 Å². The Morgan fingerprint density at radius 3 is 0.953 bits per heavy atom. The Bertz CT molecular complexity index is 1580. The van der Waals surface area contributed by atoms with Gasteiger partial charge in [0.05, 0.1) is 6.42 Å². The van der Waals surface area contributed by atoms with Crippen LogP contribution in [-0.2, 0) is 9.53 Å². The van der Waals surface area contributed by atoms with E-state index in [4.69, 9.17) is 4.74 Å². The summed E-state index contributed by atoms with van der Waals surface area (Å²) in [5, 5.41) is 0. The van der Waals surface area contributed by atoms with Crippen LogP contribution in [0.4, 0.5) is 0 Å². The van der Waals surface area contributed by atoms with Crippen LogP contribution in [0.1, 0.15) is 381 Å². The second-order valence-corrected chi connectivity index (χ2v) is 27.5. The first kappa shape index (κ1) is 83.6. The molecule has 3 unspecified atom stereocenters. The molecule has 86 heavy (non-hydrogen) atoms. The minimum absolute atomic E-state index is 0.0232. The average Bonchev–Trinajstić information content (AvgIpc) is 3.65. The molecule has 0 bridgehead atoms. The maximum Gasteiger partial charge on any atom is 0.307 e. The third-order valence-corrected chi connectivity index (χ3v) is 18.1. The quantitative estimate of drug-likeness (QED) is 0.0345. The molecule has 0 fully saturated rings. The van der Waals surface area contributed by atoms with Crippen LogP contribution in [-0.4, -0.2) is 62.1 Å². The van der Waals surface area contributed by atoms with Crippen molar-refractivity contribution < 1.29 is 9.53 Å². The van der Waals surface area contributed by atoms with E-state index >= 15 is 0 Å². The molecule has 0 aliphatic rings. The van der Waals surface area contributed by atoms with E-state index in [1.165, 1.54) is 308 Å². The minimum Gasteiger partial charge on any atom is -0.459 e. The maximum absolute atomic E-state index is 12.8. The van der Waals surface area contributed by atoms with Crippen LogP contribution in [0, 0.1) is 5.92 Å². The Kier molecular flexibility index (Phi) is 66.5. The predicted octanol–water partition coefficient (Wildman–Crippen LogP) is 26.8. The first-order chi connectivity index (χ1) is 42.1. The molecule has 502 valence electrons. The van der Waals surface area contributed by atoms with E-state index in [0.717, 1.165) is 57.0 Å². The third kappa shape index (κ3) is 66.0. The molecule has 0 aromatic rings. The normalized spacial score (nSPS) is 14.0. The molecule has 0 spiro atoms. The number of carbonyl (C=O) groups is 1. The van der Waals surface area contributed by atoms with Crippen LogP contribution in [0.25, 0.3) is 0 Å². The van der Waals surface area contributed by atoms with Crippen LogP contribution < -0.4 is 0 Å². The van der Waals surface area contributed by atoms with E-state index in [-0.39, 0.29) is 11.6 Å². The molecule has 0 aromatic carbocycles. The van der Waals surface area contributed by atoms with E-state index < -0.39 is 0 Å². The highest BCUT2D eigenvalue weighted by molar-refractivity contribution is 5.70. The lowest BCUT2D eigenvalue weighted by Gasteiger charge is -2.30.